The van der Waals surface area contributed by atoms with E-state index in [4.69, 9.17) is 10.00 Å². The van der Waals surface area contributed by atoms with Crippen LogP contribution >= 0.6 is 0 Å². The molecule has 0 amide bonds. The Hall–Kier alpha value is -2.75. The number of ether oxygens (including phenoxy) is 1. The number of rotatable bonds is 4. The normalized spacial score (nSPS) is 20.0. The highest BCUT2D eigenvalue weighted by Gasteiger charge is 2.34. The van der Waals surface area contributed by atoms with Gasteiger partial charge in [0.1, 0.15) is 18.5 Å². The molecule has 2 aromatic rings. The number of nitriles is 1. The van der Waals surface area contributed by atoms with E-state index in [-0.39, 0.29) is 12.1 Å². The van der Waals surface area contributed by atoms with E-state index >= 15 is 0 Å². The lowest BCUT2D eigenvalue weighted by Crippen LogP contribution is -2.31. The number of hydrogen-bond donors (Lipinski definition) is 0. The van der Waals surface area contributed by atoms with E-state index < -0.39 is 18.4 Å². The monoisotopic (exact) mass is 364 g/mol. The zero-order chi connectivity index (χ0) is 18.7. The van der Waals surface area contributed by atoms with Gasteiger partial charge in [0.25, 0.3) is 0 Å². The lowest BCUT2D eigenvalue weighted by atomic mass is 10.2. The second-order valence-corrected chi connectivity index (χ2v) is 6.12. The van der Waals surface area contributed by atoms with Gasteiger partial charge in [-0.15, -0.1) is 0 Å². The van der Waals surface area contributed by atoms with Gasteiger partial charge in [-0.3, -0.25) is 0 Å². The molecule has 0 aromatic heterocycles. The number of alkyl halides is 4. The molecule has 3 nitrogen and oxygen atoms in total. The Morgan fingerprint density at radius 1 is 1.08 bits per heavy atom. The van der Waals surface area contributed by atoms with Crippen molar-refractivity contribution < 1.29 is 22.3 Å². The molecule has 1 aliphatic heterocycles. The summed E-state index contributed by atoms with van der Waals surface area (Å²) in [5.74, 6) is 0.322. The van der Waals surface area contributed by atoms with E-state index in [9.17, 15) is 17.6 Å². The summed E-state index contributed by atoms with van der Waals surface area (Å²) in [7, 11) is 0. The van der Waals surface area contributed by atoms with Gasteiger partial charge in [0.05, 0.1) is 29.8 Å². The Labute approximate surface area is 148 Å². The summed E-state index contributed by atoms with van der Waals surface area (Å²) in [5, 5.41) is 8.85. The number of hydrogen-bond acceptors (Lipinski definition) is 3. The molecule has 0 radical (unpaired) electrons. The predicted octanol–water partition coefficient (Wildman–Crippen LogP) is 4.57. The average molecular weight is 364 g/mol. The van der Waals surface area contributed by atoms with Crippen molar-refractivity contribution in [3.8, 4) is 11.8 Å². The SMILES string of the molecule is N#Cc1ccc(N2C[C@H](Oc3ccc(C(F)(F)F)cc3)C[C@H]2CF)cc1. The molecule has 1 fully saturated rings. The van der Waals surface area contributed by atoms with Crippen molar-refractivity contribution >= 4 is 5.69 Å². The average Bonchev–Trinajstić information content (AvgIpc) is 3.04. The predicted molar refractivity (Wildman–Crippen MR) is 88.7 cm³/mol. The van der Waals surface area contributed by atoms with Crippen LogP contribution in [-0.2, 0) is 6.18 Å². The molecule has 0 unspecified atom stereocenters. The summed E-state index contributed by atoms with van der Waals surface area (Å²) < 4.78 is 57.0. The maximum Gasteiger partial charge on any atom is 0.416 e. The Kier molecular flexibility index (Phi) is 5.03. The number of anilines is 1. The van der Waals surface area contributed by atoms with Crippen molar-refractivity contribution in [2.45, 2.75) is 24.7 Å². The molecule has 0 saturated carbocycles. The fraction of sp³-hybridized carbons (Fsp3) is 0.316. The smallest absolute Gasteiger partial charge is 0.416 e. The minimum Gasteiger partial charge on any atom is -0.489 e. The van der Waals surface area contributed by atoms with Gasteiger partial charge in [-0.05, 0) is 48.5 Å². The van der Waals surface area contributed by atoms with E-state index in [1.165, 1.54) is 12.1 Å². The third kappa shape index (κ3) is 3.90. The molecule has 0 bridgehead atoms. The van der Waals surface area contributed by atoms with Gasteiger partial charge in [0, 0.05) is 12.1 Å². The van der Waals surface area contributed by atoms with Crippen molar-refractivity contribution in [2.75, 3.05) is 18.1 Å². The van der Waals surface area contributed by atoms with E-state index in [0.29, 0.717) is 24.3 Å². The minimum absolute atomic E-state index is 0.322. The molecule has 26 heavy (non-hydrogen) atoms. The molecule has 136 valence electrons. The van der Waals surface area contributed by atoms with Crippen LogP contribution in [-0.4, -0.2) is 25.4 Å². The van der Waals surface area contributed by atoms with Crippen LogP contribution < -0.4 is 9.64 Å². The summed E-state index contributed by atoms with van der Waals surface area (Å²) in [5.41, 5.74) is 0.560. The first kappa shape index (κ1) is 18.1. The van der Waals surface area contributed by atoms with Crippen LogP contribution in [0.25, 0.3) is 0 Å². The first-order valence-electron chi connectivity index (χ1n) is 8.07. The number of nitrogens with zero attached hydrogens (tertiary/aromatic N) is 2. The highest BCUT2D eigenvalue weighted by Crippen LogP contribution is 2.32. The summed E-state index contributed by atoms with van der Waals surface area (Å²) in [6.45, 7) is -0.144. The van der Waals surface area contributed by atoms with Crippen LogP contribution in [0, 0.1) is 11.3 Å². The van der Waals surface area contributed by atoms with E-state index in [2.05, 4.69) is 0 Å². The minimum atomic E-state index is -4.39. The van der Waals surface area contributed by atoms with Gasteiger partial charge in [-0.25, -0.2) is 4.39 Å². The van der Waals surface area contributed by atoms with Crippen molar-refractivity contribution in [1.82, 2.24) is 0 Å². The molecule has 2 aromatic carbocycles. The molecule has 0 spiro atoms. The summed E-state index contributed by atoms with van der Waals surface area (Å²) in [4.78, 5) is 1.86. The van der Waals surface area contributed by atoms with Crippen LogP contribution in [0.4, 0.5) is 23.2 Å². The molecule has 1 aliphatic rings. The molecular weight excluding hydrogens is 348 g/mol. The van der Waals surface area contributed by atoms with Crippen molar-refractivity contribution in [1.29, 1.82) is 5.26 Å². The van der Waals surface area contributed by atoms with Crippen LogP contribution in [0.3, 0.4) is 0 Å². The van der Waals surface area contributed by atoms with Gasteiger partial charge in [0.15, 0.2) is 0 Å². The van der Waals surface area contributed by atoms with Gasteiger partial charge >= 0.3 is 6.18 Å². The van der Waals surface area contributed by atoms with E-state index in [0.717, 1.165) is 17.8 Å². The summed E-state index contributed by atoms with van der Waals surface area (Å²) in [6, 6.07) is 13.0. The third-order valence-electron chi connectivity index (χ3n) is 4.37. The topological polar surface area (TPSA) is 36.3 Å². The van der Waals surface area contributed by atoms with E-state index in [1.807, 2.05) is 11.0 Å². The second kappa shape index (κ2) is 7.24. The maximum absolute atomic E-state index is 13.4. The molecule has 1 heterocycles. The van der Waals surface area contributed by atoms with Crippen LogP contribution in [0.1, 0.15) is 17.5 Å². The highest BCUT2D eigenvalue weighted by molar-refractivity contribution is 5.51. The van der Waals surface area contributed by atoms with Gasteiger partial charge in [-0.1, -0.05) is 0 Å². The third-order valence-corrected chi connectivity index (χ3v) is 4.37. The van der Waals surface area contributed by atoms with Crippen molar-refractivity contribution in [3.05, 3.63) is 59.7 Å². The Balaban J connectivity index is 1.69. The van der Waals surface area contributed by atoms with Crippen molar-refractivity contribution in [2.24, 2.45) is 0 Å². The van der Waals surface area contributed by atoms with Crippen molar-refractivity contribution in [3.63, 3.8) is 0 Å². The lowest BCUT2D eigenvalue weighted by molar-refractivity contribution is -0.137. The fourth-order valence-corrected chi connectivity index (χ4v) is 3.06. The Morgan fingerprint density at radius 2 is 1.73 bits per heavy atom. The fourth-order valence-electron chi connectivity index (χ4n) is 3.06. The maximum atomic E-state index is 13.4. The van der Waals surface area contributed by atoms with E-state index in [1.54, 1.807) is 24.3 Å². The first-order chi connectivity index (χ1) is 12.4. The zero-order valence-corrected chi connectivity index (χ0v) is 13.7. The van der Waals surface area contributed by atoms with Crippen LogP contribution in [0.5, 0.6) is 5.75 Å². The Morgan fingerprint density at radius 3 is 2.27 bits per heavy atom. The van der Waals surface area contributed by atoms with Gasteiger partial charge in [0.2, 0.25) is 0 Å². The lowest BCUT2D eigenvalue weighted by Gasteiger charge is -2.24. The van der Waals surface area contributed by atoms with Crippen LogP contribution in [0.2, 0.25) is 0 Å². The van der Waals surface area contributed by atoms with Gasteiger partial charge < -0.3 is 9.64 Å². The van der Waals surface area contributed by atoms with Gasteiger partial charge in [-0.2, -0.15) is 18.4 Å². The number of halogens is 4. The summed E-state index contributed by atoms with van der Waals surface area (Å²) in [6.07, 6.45) is -4.29. The quantitative estimate of drug-likeness (QED) is 0.746. The first-order valence-corrected chi connectivity index (χ1v) is 8.07. The van der Waals surface area contributed by atoms with Crippen LogP contribution in [0.15, 0.2) is 48.5 Å². The number of benzene rings is 2. The molecule has 0 aliphatic carbocycles. The molecule has 7 heteroatoms. The molecule has 0 N–H and O–H groups in total. The molecule has 2 atom stereocenters. The highest BCUT2D eigenvalue weighted by atomic mass is 19.4. The summed E-state index contributed by atoms with van der Waals surface area (Å²) >= 11 is 0. The molecule has 1 saturated heterocycles. The molecular formula is C19H16F4N2O. The zero-order valence-electron chi connectivity index (χ0n) is 13.7. The standard InChI is InChI=1S/C19H16F4N2O/c20-10-16-9-18(12-25(16)15-5-1-13(11-24)2-6-15)26-17-7-3-14(4-8-17)19(21,22)23/h1-8,16,18H,9-10,12H2/t16-,18+/m0/s1. The Bertz CT molecular complexity index is 781. The second-order valence-electron chi connectivity index (χ2n) is 6.12. The molecule has 3 rings (SSSR count). The largest absolute Gasteiger partial charge is 0.489 e.